The number of nitrogens with zero attached hydrogens (tertiary/aromatic N) is 1. The van der Waals surface area contributed by atoms with Crippen LogP contribution in [0.3, 0.4) is 0 Å². The van der Waals surface area contributed by atoms with Crippen LogP contribution in [0.1, 0.15) is 17.7 Å². The predicted octanol–water partition coefficient (Wildman–Crippen LogP) is 1.35. The number of hydrogen-bond donors (Lipinski definition) is 2. The summed E-state index contributed by atoms with van der Waals surface area (Å²) in [5.74, 6) is 0. The van der Waals surface area contributed by atoms with E-state index in [1.165, 1.54) is 0 Å². The number of pyridine rings is 1. The van der Waals surface area contributed by atoms with Crippen molar-refractivity contribution in [2.24, 2.45) is 5.73 Å². The Hall–Kier alpha value is -1.77. The van der Waals surface area contributed by atoms with Gasteiger partial charge in [-0.05, 0) is 18.2 Å². The lowest BCUT2D eigenvalue weighted by Crippen LogP contribution is -2.12. The van der Waals surface area contributed by atoms with Crippen molar-refractivity contribution >= 4 is 11.8 Å². The Morgan fingerprint density at radius 3 is 3.14 bits per heavy atom. The van der Waals surface area contributed by atoms with Crippen LogP contribution in [-0.2, 0) is 0 Å². The molecule has 1 aliphatic carbocycles. The van der Waals surface area contributed by atoms with Gasteiger partial charge in [-0.3, -0.25) is 4.98 Å². The summed E-state index contributed by atoms with van der Waals surface area (Å²) in [6, 6.07) is 3.89. The van der Waals surface area contributed by atoms with Crippen LogP contribution in [-0.4, -0.2) is 12.0 Å². The van der Waals surface area contributed by atoms with E-state index in [0.717, 1.165) is 29.1 Å². The minimum Gasteiger partial charge on any atom is -0.397 e. The molecule has 0 radical (unpaired) electrons. The van der Waals surface area contributed by atoms with Gasteiger partial charge in [0.05, 0.1) is 11.4 Å². The van der Waals surface area contributed by atoms with Gasteiger partial charge < -0.3 is 11.1 Å². The molecule has 1 heterocycles. The van der Waals surface area contributed by atoms with Crippen molar-refractivity contribution in [1.29, 1.82) is 0 Å². The maximum Gasteiger partial charge on any atom is 0.0720 e. The fraction of sp³-hybridized carbons (Fsp3) is 0.182. The standard InChI is InChI=1S/C11H13N3/c1-13-10-6-2-5-9-8(11(10)12)4-3-7-14-9/h2-5,7,13H,6,12H2,1H3. The molecular weight excluding hydrogens is 174 g/mol. The third-order valence-corrected chi connectivity index (χ3v) is 2.35. The van der Waals surface area contributed by atoms with E-state index in [4.69, 9.17) is 5.73 Å². The average molecular weight is 187 g/mol. The molecule has 0 amide bonds. The number of hydrogen-bond acceptors (Lipinski definition) is 3. The first-order valence-electron chi connectivity index (χ1n) is 4.61. The molecule has 3 nitrogen and oxygen atoms in total. The zero-order chi connectivity index (χ0) is 9.97. The molecule has 0 saturated carbocycles. The number of fused-ring (bicyclic) bond motifs is 1. The summed E-state index contributed by atoms with van der Waals surface area (Å²) >= 11 is 0. The van der Waals surface area contributed by atoms with Crippen molar-refractivity contribution < 1.29 is 0 Å². The van der Waals surface area contributed by atoms with Crippen molar-refractivity contribution in [3.8, 4) is 0 Å². The Labute approximate surface area is 83.3 Å². The summed E-state index contributed by atoms with van der Waals surface area (Å²) in [5.41, 5.74) is 9.82. The van der Waals surface area contributed by atoms with Crippen LogP contribution < -0.4 is 11.1 Å². The van der Waals surface area contributed by atoms with Crippen LogP contribution >= 0.6 is 0 Å². The van der Waals surface area contributed by atoms with Crippen molar-refractivity contribution in [2.45, 2.75) is 6.42 Å². The number of rotatable bonds is 1. The predicted molar refractivity (Wildman–Crippen MR) is 58.1 cm³/mol. The minimum atomic E-state index is 0.792. The molecule has 14 heavy (non-hydrogen) atoms. The van der Waals surface area contributed by atoms with Gasteiger partial charge in [0.1, 0.15) is 0 Å². The molecule has 2 rings (SSSR count). The molecule has 1 aromatic rings. The molecule has 0 aromatic carbocycles. The van der Waals surface area contributed by atoms with Gasteiger partial charge in [-0.15, -0.1) is 0 Å². The van der Waals surface area contributed by atoms with E-state index in [1.807, 2.05) is 25.3 Å². The highest BCUT2D eigenvalue weighted by atomic mass is 14.9. The molecule has 0 saturated heterocycles. The van der Waals surface area contributed by atoms with Crippen molar-refractivity contribution in [3.63, 3.8) is 0 Å². The highest BCUT2D eigenvalue weighted by Crippen LogP contribution is 2.21. The molecule has 1 aliphatic rings. The molecule has 72 valence electrons. The third-order valence-electron chi connectivity index (χ3n) is 2.35. The average Bonchev–Trinajstić information content (AvgIpc) is 2.39. The van der Waals surface area contributed by atoms with E-state index < -0.39 is 0 Å². The van der Waals surface area contributed by atoms with Gasteiger partial charge >= 0.3 is 0 Å². The Morgan fingerprint density at radius 2 is 2.36 bits per heavy atom. The van der Waals surface area contributed by atoms with Gasteiger partial charge in [-0.25, -0.2) is 0 Å². The second-order valence-electron chi connectivity index (χ2n) is 3.18. The number of nitrogens with two attached hydrogens (primary N) is 1. The van der Waals surface area contributed by atoms with Crippen LogP contribution in [0.2, 0.25) is 0 Å². The first-order valence-corrected chi connectivity index (χ1v) is 4.61. The summed E-state index contributed by atoms with van der Waals surface area (Å²) in [6.45, 7) is 0. The van der Waals surface area contributed by atoms with Gasteiger partial charge in [0.2, 0.25) is 0 Å². The van der Waals surface area contributed by atoms with Crippen LogP contribution in [0.15, 0.2) is 30.1 Å². The van der Waals surface area contributed by atoms with E-state index in [2.05, 4.69) is 16.4 Å². The van der Waals surface area contributed by atoms with Crippen LogP contribution in [0.25, 0.3) is 11.8 Å². The van der Waals surface area contributed by atoms with Crippen LogP contribution in [0.4, 0.5) is 0 Å². The van der Waals surface area contributed by atoms with E-state index >= 15 is 0 Å². The lowest BCUT2D eigenvalue weighted by atomic mass is 10.1. The smallest absolute Gasteiger partial charge is 0.0720 e. The molecule has 0 bridgehead atoms. The summed E-state index contributed by atoms with van der Waals surface area (Å²) < 4.78 is 0. The Kier molecular flexibility index (Phi) is 2.23. The Bertz CT molecular complexity index is 405. The monoisotopic (exact) mass is 187 g/mol. The first kappa shape index (κ1) is 8.81. The SMILES string of the molecule is CNC1=C(N)c2cccnc2C=CC1. The zero-order valence-electron chi connectivity index (χ0n) is 8.12. The number of aromatic nitrogens is 1. The molecule has 3 N–H and O–H groups in total. The molecular formula is C11H13N3. The summed E-state index contributed by atoms with van der Waals surface area (Å²) in [7, 11) is 1.89. The molecule has 1 aromatic heterocycles. The quantitative estimate of drug-likeness (QED) is 0.697. The molecule has 0 aliphatic heterocycles. The maximum absolute atomic E-state index is 6.04. The largest absolute Gasteiger partial charge is 0.397 e. The van der Waals surface area contributed by atoms with E-state index in [-0.39, 0.29) is 0 Å². The topological polar surface area (TPSA) is 50.9 Å². The summed E-state index contributed by atoms with van der Waals surface area (Å²) in [6.07, 6.45) is 6.68. The Balaban J connectivity index is 2.60. The van der Waals surface area contributed by atoms with Gasteiger partial charge in [0.25, 0.3) is 0 Å². The third kappa shape index (κ3) is 1.37. The van der Waals surface area contributed by atoms with Gasteiger partial charge in [-0.1, -0.05) is 6.08 Å². The normalized spacial score (nSPS) is 14.9. The molecule has 0 fully saturated rings. The van der Waals surface area contributed by atoms with Crippen molar-refractivity contribution in [3.05, 3.63) is 41.4 Å². The van der Waals surface area contributed by atoms with E-state index in [1.54, 1.807) is 6.20 Å². The molecule has 0 spiro atoms. The van der Waals surface area contributed by atoms with Gasteiger partial charge in [-0.2, -0.15) is 0 Å². The fourth-order valence-electron chi connectivity index (χ4n) is 1.58. The highest BCUT2D eigenvalue weighted by Gasteiger charge is 2.10. The van der Waals surface area contributed by atoms with Crippen LogP contribution in [0.5, 0.6) is 0 Å². The molecule has 3 heteroatoms. The Morgan fingerprint density at radius 1 is 1.50 bits per heavy atom. The summed E-state index contributed by atoms with van der Waals surface area (Å²) in [5, 5.41) is 3.11. The molecule has 0 unspecified atom stereocenters. The summed E-state index contributed by atoms with van der Waals surface area (Å²) in [4.78, 5) is 4.27. The van der Waals surface area contributed by atoms with E-state index in [0.29, 0.717) is 0 Å². The lowest BCUT2D eigenvalue weighted by Gasteiger charge is -2.09. The van der Waals surface area contributed by atoms with E-state index in [9.17, 15) is 0 Å². The highest BCUT2D eigenvalue weighted by molar-refractivity contribution is 5.74. The van der Waals surface area contributed by atoms with Crippen molar-refractivity contribution in [1.82, 2.24) is 10.3 Å². The molecule has 0 atom stereocenters. The van der Waals surface area contributed by atoms with Gasteiger partial charge in [0, 0.05) is 30.9 Å². The number of nitrogens with one attached hydrogen (secondary N) is 1. The van der Waals surface area contributed by atoms with Crippen LogP contribution in [0, 0.1) is 0 Å². The number of allylic oxidation sites excluding steroid dienone is 1. The lowest BCUT2D eigenvalue weighted by molar-refractivity contribution is 0.941. The fourth-order valence-corrected chi connectivity index (χ4v) is 1.58. The minimum absolute atomic E-state index is 0.792. The zero-order valence-corrected chi connectivity index (χ0v) is 8.12. The van der Waals surface area contributed by atoms with Gasteiger partial charge in [0.15, 0.2) is 0 Å². The first-order chi connectivity index (χ1) is 6.83. The second kappa shape index (κ2) is 3.54. The van der Waals surface area contributed by atoms with Crippen molar-refractivity contribution in [2.75, 3.05) is 7.05 Å². The maximum atomic E-state index is 6.04. The second-order valence-corrected chi connectivity index (χ2v) is 3.18.